The Morgan fingerprint density at radius 3 is 2.37 bits per heavy atom. The van der Waals surface area contributed by atoms with Crippen molar-refractivity contribution >= 4 is 46.0 Å². The molecule has 1 aliphatic rings. The molecule has 0 unspecified atom stereocenters. The summed E-state index contributed by atoms with van der Waals surface area (Å²) in [5.74, 6) is -2.37. The minimum Gasteiger partial charge on any atom is -0.481 e. The maximum atomic E-state index is 14.4. The van der Waals surface area contributed by atoms with E-state index in [4.69, 9.17) is 27.9 Å². The van der Waals surface area contributed by atoms with Crippen LogP contribution >= 0.6 is 23.2 Å². The van der Waals surface area contributed by atoms with Gasteiger partial charge in [0.05, 0.1) is 12.5 Å². The van der Waals surface area contributed by atoms with Crippen LogP contribution in [0.25, 0.3) is 0 Å². The molecule has 3 aromatic carbocycles. The molecule has 1 saturated heterocycles. The third-order valence-electron chi connectivity index (χ3n) is 7.00. The normalized spacial score (nSPS) is 20.0. The molecule has 4 atom stereocenters. The topological polar surface area (TPSA) is 104 Å². The number of hydrogen-bond acceptors (Lipinski definition) is 5. The van der Waals surface area contributed by atoms with Crippen LogP contribution in [0.1, 0.15) is 48.6 Å². The minimum atomic E-state index is -3.16. The van der Waals surface area contributed by atoms with E-state index in [0.717, 1.165) is 4.31 Å². The highest BCUT2D eigenvalue weighted by Gasteiger charge is 2.47. The highest BCUT2D eigenvalue weighted by atomic mass is 35.5. The van der Waals surface area contributed by atoms with Gasteiger partial charge in [0.25, 0.3) is 5.91 Å². The second kappa shape index (κ2) is 13.8. The van der Waals surface area contributed by atoms with Gasteiger partial charge in [0.15, 0.2) is 0 Å². The predicted octanol–water partition coefficient (Wildman–Crippen LogP) is 5.42. The largest absolute Gasteiger partial charge is 0.481 e. The molecule has 1 N–H and O–H groups in total. The molecule has 3 aromatic rings. The van der Waals surface area contributed by atoms with Gasteiger partial charge >= 0.3 is 5.97 Å². The zero-order valence-electron chi connectivity index (χ0n) is 22.0. The molecule has 0 radical (unpaired) electrons. The molecular weight excluding hydrogens is 594 g/mol. The molecule has 0 saturated carbocycles. The first-order chi connectivity index (χ1) is 19.6. The van der Waals surface area contributed by atoms with E-state index in [1.165, 1.54) is 23.1 Å². The average Bonchev–Trinajstić information content (AvgIpc) is 2.93. The number of halogens is 3. The maximum absolute atomic E-state index is 14.4. The first-order valence-electron chi connectivity index (χ1n) is 12.9. The number of hydrogen-bond donors (Lipinski definition) is 2. The number of nitrogens with zero attached hydrogens (tertiary/aromatic N) is 2. The first-order valence-corrected chi connectivity index (χ1v) is 14.8. The van der Waals surface area contributed by atoms with Crippen molar-refractivity contribution in [3.8, 4) is 0 Å². The van der Waals surface area contributed by atoms with Crippen LogP contribution < -0.4 is 0 Å². The average molecular weight is 624 g/mol. The molecule has 1 aliphatic heterocycles. The van der Waals surface area contributed by atoms with Crippen molar-refractivity contribution in [2.24, 2.45) is 0 Å². The molecule has 0 bridgehead atoms. The van der Waals surface area contributed by atoms with Crippen LogP contribution in [-0.4, -0.2) is 53.3 Å². The van der Waals surface area contributed by atoms with Gasteiger partial charge in [-0.05, 0) is 47.9 Å². The summed E-state index contributed by atoms with van der Waals surface area (Å²) in [6.07, 6.45) is -2.46. The number of thiol groups is 1. The third kappa shape index (κ3) is 7.44. The Kier molecular flexibility index (Phi) is 10.4. The molecular formula is C29H29Cl2FN2O6S. The molecule has 0 spiro atoms. The summed E-state index contributed by atoms with van der Waals surface area (Å²) in [5.41, 5.74) is 1.44. The number of aliphatic carboxylic acids is 1. The second-order valence-corrected chi connectivity index (χ2v) is 11.6. The van der Waals surface area contributed by atoms with Crippen LogP contribution in [0.4, 0.5) is 4.39 Å². The van der Waals surface area contributed by atoms with Crippen molar-refractivity contribution in [2.45, 2.75) is 50.6 Å². The van der Waals surface area contributed by atoms with Gasteiger partial charge in [-0.2, -0.15) is 4.31 Å². The van der Waals surface area contributed by atoms with Crippen LogP contribution in [0.2, 0.25) is 10.0 Å². The van der Waals surface area contributed by atoms with Gasteiger partial charge in [-0.25, -0.2) is 12.8 Å². The highest BCUT2D eigenvalue weighted by Crippen LogP contribution is 2.44. The fraction of sp³-hybridized carbons (Fsp3) is 0.310. The second-order valence-electron chi connectivity index (χ2n) is 9.68. The van der Waals surface area contributed by atoms with Crippen molar-refractivity contribution in [3.05, 3.63) is 105 Å². The molecule has 8 nitrogen and oxygen atoms in total. The van der Waals surface area contributed by atoms with Crippen molar-refractivity contribution in [1.82, 2.24) is 9.21 Å². The Labute approximate surface area is 249 Å². The fourth-order valence-electron chi connectivity index (χ4n) is 5.07. The third-order valence-corrected chi connectivity index (χ3v) is 8.26. The Morgan fingerprint density at radius 2 is 1.76 bits per heavy atom. The predicted molar refractivity (Wildman–Crippen MR) is 154 cm³/mol. The number of amides is 1. The number of carboxylic acids is 1. The van der Waals surface area contributed by atoms with E-state index in [-0.39, 0.29) is 18.7 Å². The number of carbonyl (C=O) groups excluding carboxylic acids is 1. The lowest BCUT2D eigenvalue weighted by atomic mass is 9.89. The summed E-state index contributed by atoms with van der Waals surface area (Å²) in [5, 5.41) is 10.5. The molecule has 12 heteroatoms. The van der Waals surface area contributed by atoms with Gasteiger partial charge < -0.3 is 14.7 Å². The molecule has 1 heterocycles. The summed E-state index contributed by atoms with van der Waals surface area (Å²) in [6.45, 7) is 1.41. The molecule has 1 fully saturated rings. The number of morpholine rings is 1. The maximum Gasteiger partial charge on any atom is 0.306 e. The molecule has 4 rings (SSSR count). The van der Waals surface area contributed by atoms with Crippen LogP contribution in [0.3, 0.4) is 0 Å². The van der Waals surface area contributed by atoms with Crippen LogP contribution in [-0.2, 0) is 31.8 Å². The Balaban J connectivity index is 1.81. The van der Waals surface area contributed by atoms with Crippen molar-refractivity contribution in [1.29, 1.82) is 0 Å². The summed E-state index contributed by atoms with van der Waals surface area (Å²) in [4.78, 5) is 27.2. The van der Waals surface area contributed by atoms with E-state index >= 15 is 0 Å². The molecule has 41 heavy (non-hydrogen) atoms. The smallest absolute Gasteiger partial charge is 0.306 e. The number of rotatable bonds is 11. The number of carboxylic acid groups (broad SMARTS) is 1. The molecule has 218 valence electrons. The van der Waals surface area contributed by atoms with Crippen LogP contribution in [0.15, 0.2) is 72.8 Å². The number of ether oxygens (including phenoxy) is 1. The van der Waals surface area contributed by atoms with E-state index in [1.807, 2.05) is 0 Å². The van der Waals surface area contributed by atoms with E-state index in [1.54, 1.807) is 61.5 Å². The summed E-state index contributed by atoms with van der Waals surface area (Å²) in [7, 11) is -3.16. The SMILES string of the molecule is CC[C@@H](CN(Cc1ccccc1F)[SH](=O)=O)N1C(=O)[C@H](CC(=O)O)O[C@H](c2cccc(Cl)c2)[C@H]1c1ccc(Cl)cc1. The summed E-state index contributed by atoms with van der Waals surface area (Å²) < 4.78 is 46.4. The lowest BCUT2D eigenvalue weighted by molar-refractivity contribution is -0.183. The van der Waals surface area contributed by atoms with Gasteiger partial charge in [-0.15, -0.1) is 0 Å². The minimum absolute atomic E-state index is 0.151. The van der Waals surface area contributed by atoms with E-state index in [0.29, 0.717) is 27.6 Å². The van der Waals surface area contributed by atoms with Crippen LogP contribution in [0, 0.1) is 5.82 Å². The van der Waals surface area contributed by atoms with E-state index in [9.17, 15) is 27.5 Å². The first kappa shape index (κ1) is 30.9. The van der Waals surface area contributed by atoms with Gasteiger partial charge in [-0.3, -0.25) is 9.59 Å². The van der Waals surface area contributed by atoms with Gasteiger partial charge in [0.1, 0.15) is 18.0 Å². The van der Waals surface area contributed by atoms with E-state index in [2.05, 4.69) is 0 Å². The lowest BCUT2D eigenvalue weighted by Crippen LogP contribution is -2.57. The number of carbonyl (C=O) groups is 2. The quantitative estimate of drug-likeness (QED) is 0.277. The summed E-state index contributed by atoms with van der Waals surface area (Å²) in [6, 6.07) is 18.0. The monoisotopic (exact) mass is 622 g/mol. The van der Waals surface area contributed by atoms with Crippen molar-refractivity contribution in [2.75, 3.05) is 6.54 Å². The fourth-order valence-corrected chi connectivity index (χ4v) is 5.98. The lowest BCUT2D eigenvalue weighted by Gasteiger charge is -2.48. The highest BCUT2D eigenvalue weighted by molar-refractivity contribution is 7.69. The zero-order valence-corrected chi connectivity index (χ0v) is 24.4. The molecule has 0 aromatic heterocycles. The zero-order chi connectivity index (χ0) is 29.7. The number of benzene rings is 3. The Bertz CT molecular complexity index is 1460. The van der Waals surface area contributed by atoms with Gasteiger partial charge in [-0.1, -0.05) is 72.6 Å². The molecule has 0 aliphatic carbocycles. The Morgan fingerprint density at radius 1 is 1.05 bits per heavy atom. The molecule has 1 amide bonds. The standard InChI is InChI=1S/C29H29Cl2FN2O6S/c1-2-23(17-33(41(38)39)16-20-6-3-4-9-24(20)32)34-27(18-10-12-21(30)13-11-18)28(19-7-5-8-22(31)14-19)40-25(29(34)37)15-26(35)36/h3-14,23,25,27-28,41H,2,15-17H2,1H3,(H,35,36)/t23-,25-,27+,28+/m0/s1. The van der Waals surface area contributed by atoms with Gasteiger partial charge in [0, 0.05) is 34.7 Å². The van der Waals surface area contributed by atoms with Crippen LogP contribution in [0.5, 0.6) is 0 Å². The van der Waals surface area contributed by atoms with Gasteiger partial charge in [0.2, 0.25) is 10.9 Å². The van der Waals surface area contributed by atoms with Crippen molar-refractivity contribution < 1.29 is 32.2 Å². The van der Waals surface area contributed by atoms with E-state index < -0.39 is 59.3 Å². The summed E-state index contributed by atoms with van der Waals surface area (Å²) >= 11 is 12.4. The Hall–Kier alpha value is -3.02. The van der Waals surface area contributed by atoms with Crippen molar-refractivity contribution in [3.63, 3.8) is 0 Å².